The number of hydrogen-bond acceptors (Lipinski definition) is 5. The first kappa shape index (κ1) is 18.7. The van der Waals surface area contributed by atoms with Crippen LogP contribution in [0.15, 0.2) is 18.2 Å². The molecule has 26 heavy (non-hydrogen) atoms. The summed E-state index contributed by atoms with van der Waals surface area (Å²) in [6.07, 6.45) is 1.60. The van der Waals surface area contributed by atoms with E-state index in [0.717, 1.165) is 29.2 Å². The monoisotopic (exact) mass is 376 g/mol. The van der Waals surface area contributed by atoms with Crippen LogP contribution in [-0.4, -0.2) is 45.9 Å². The highest BCUT2D eigenvalue weighted by Gasteiger charge is 2.28. The first-order chi connectivity index (χ1) is 12.2. The molecule has 7 heteroatoms. The van der Waals surface area contributed by atoms with Crippen LogP contribution in [0.25, 0.3) is 10.8 Å². The number of benzene rings is 1. The first-order valence-electron chi connectivity index (χ1n) is 8.90. The fourth-order valence-electron chi connectivity index (χ4n) is 3.12. The van der Waals surface area contributed by atoms with E-state index in [4.69, 9.17) is 16.3 Å². The third-order valence-corrected chi connectivity index (χ3v) is 4.58. The van der Waals surface area contributed by atoms with E-state index in [1.807, 2.05) is 45.9 Å². The summed E-state index contributed by atoms with van der Waals surface area (Å²) < 4.78 is 5.49. The second-order valence-corrected chi connectivity index (χ2v) is 8.16. The average Bonchev–Trinajstić information content (AvgIpc) is 2.56. The Morgan fingerprint density at radius 2 is 2.08 bits per heavy atom. The van der Waals surface area contributed by atoms with Crippen molar-refractivity contribution in [2.24, 2.45) is 0 Å². The zero-order valence-corrected chi connectivity index (χ0v) is 16.4. The smallest absolute Gasteiger partial charge is 0.410 e. The van der Waals surface area contributed by atoms with E-state index < -0.39 is 5.60 Å². The standard InChI is InChI=1S/C19H25ClN4O2/c1-12-7-8-14-15(10-12)17(23-22-16(14)20)21-13-6-5-9-24(11-13)18(25)26-19(2,3)4/h7-8,10,13H,5-6,9,11H2,1-4H3,(H,21,23)/t13-/m1/s1. The van der Waals surface area contributed by atoms with Crippen molar-refractivity contribution < 1.29 is 9.53 Å². The highest BCUT2D eigenvalue weighted by Crippen LogP contribution is 2.28. The summed E-state index contributed by atoms with van der Waals surface area (Å²) in [7, 11) is 0. The lowest BCUT2D eigenvalue weighted by Crippen LogP contribution is -2.47. The minimum Gasteiger partial charge on any atom is -0.444 e. The van der Waals surface area contributed by atoms with Gasteiger partial charge in [0.15, 0.2) is 11.0 Å². The third kappa shape index (κ3) is 4.36. The summed E-state index contributed by atoms with van der Waals surface area (Å²) in [6.45, 7) is 8.95. The Kier molecular flexibility index (Phi) is 5.23. The van der Waals surface area contributed by atoms with Crippen molar-refractivity contribution >= 4 is 34.3 Å². The van der Waals surface area contributed by atoms with Crippen LogP contribution in [0.4, 0.5) is 10.6 Å². The van der Waals surface area contributed by atoms with Gasteiger partial charge in [0.2, 0.25) is 0 Å². The highest BCUT2D eigenvalue weighted by atomic mass is 35.5. The minimum atomic E-state index is -0.493. The Bertz CT molecular complexity index is 819. The molecule has 140 valence electrons. The number of hydrogen-bond donors (Lipinski definition) is 1. The maximum Gasteiger partial charge on any atom is 0.410 e. The number of piperidine rings is 1. The second-order valence-electron chi connectivity index (χ2n) is 7.80. The van der Waals surface area contributed by atoms with Gasteiger partial charge in [0.05, 0.1) is 0 Å². The van der Waals surface area contributed by atoms with E-state index in [-0.39, 0.29) is 12.1 Å². The number of rotatable bonds is 2. The number of ether oxygens (including phenoxy) is 1. The van der Waals surface area contributed by atoms with E-state index in [1.54, 1.807) is 4.90 Å². The number of aryl methyl sites for hydroxylation is 1. The summed E-state index contributed by atoms with van der Waals surface area (Å²) in [5, 5.41) is 13.9. The molecule has 2 heterocycles. The lowest BCUT2D eigenvalue weighted by Gasteiger charge is -2.34. The Morgan fingerprint density at radius 1 is 1.31 bits per heavy atom. The van der Waals surface area contributed by atoms with Crippen LogP contribution in [0.1, 0.15) is 39.2 Å². The Balaban J connectivity index is 1.77. The highest BCUT2D eigenvalue weighted by molar-refractivity contribution is 6.34. The molecule has 2 aromatic rings. The molecule has 1 N–H and O–H groups in total. The number of likely N-dealkylation sites (tertiary alicyclic amines) is 1. The molecule has 1 amide bonds. The van der Waals surface area contributed by atoms with Crippen LogP contribution in [0.3, 0.4) is 0 Å². The number of nitrogens with zero attached hydrogens (tertiary/aromatic N) is 3. The van der Waals surface area contributed by atoms with Gasteiger partial charge in [-0.15, -0.1) is 10.2 Å². The predicted molar refractivity (Wildman–Crippen MR) is 104 cm³/mol. The van der Waals surface area contributed by atoms with Gasteiger partial charge in [-0.3, -0.25) is 0 Å². The maximum atomic E-state index is 12.3. The molecule has 1 atom stereocenters. The summed E-state index contributed by atoms with van der Waals surface area (Å²) in [4.78, 5) is 14.1. The molecule has 1 fully saturated rings. The van der Waals surface area contributed by atoms with E-state index in [1.165, 1.54) is 0 Å². The van der Waals surface area contributed by atoms with Crippen molar-refractivity contribution in [3.63, 3.8) is 0 Å². The number of carbonyl (C=O) groups is 1. The first-order valence-corrected chi connectivity index (χ1v) is 9.28. The van der Waals surface area contributed by atoms with Gasteiger partial charge < -0.3 is 15.0 Å². The Morgan fingerprint density at radius 3 is 2.81 bits per heavy atom. The summed E-state index contributed by atoms with van der Waals surface area (Å²) in [5.41, 5.74) is 0.635. The number of aromatic nitrogens is 2. The molecule has 6 nitrogen and oxygen atoms in total. The van der Waals surface area contributed by atoms with Crippen molar-refractivity contribution in [3.05, 3.63) is 28.9 Å². The minimum absolute atomic E-state index is 0.0930. The van der Waals surface area contributed by atoms with Gasteiger partial charge in [0, 0.05) is 29.9 Å². The van der Waals surface area contributed by atoms with Gasteiger partial charge in [0.1, 0.15) is 5.60 Å². The van der Waals surface area contributed by atoms with Gasteiger partial charge in [0.25, 0.3) is 0 Å². The third-order valence-electron chi connectivity index (χ3n) is 4.30. The summed E-state index contributed by atoms with van der Waals surface area (Å²) in [6, 6.07) is 6.10. The molecule has 0 radical (unpaired) electrons. The van der Waals surface area contributed by atoms with Crippen molar-refractivity contribution in [1.82, 2.24) is 15.1 Å². The zero-order valence-electron chi connectivity index (χ0n) is 15.7. The Labute approximate surface area is 158 Å². The fourth-order valence-corrected chi connectivity index (χ4v) is 3.33. The number of fused-ring (bicyclic) bond motifs is 1. The summed E-state index contributed by atoms with van der Waals surface area (Å²) in [5.74, 6) is 0.698. The topological polar surface area (TPSA) is 67.4 Å². The van der Waals surface area contributed by atoms with Gasteiger partial charge in [-0.1, -0.05) is 29.3 Å². The number of carbonyl (C=O) groups excluding carboxylic acids is 1. The van der Waals surface area contributed by atoms with Gasteiger partial charge in [-0.25, -0.2) is 4.79 Å². The van der Waals surface area contributed by atoms with E-state index in [9.17, 15) is 4.79 Å². The molecule has 0 bridgehead atoms. The van der Waals surface area contributed by atoms with Crippen LogP contribution >= 0.6 is 11.6 Å². The fraction of sp³-hybridized carbons (Fsp3) is 0.526. The molecule has 0 saturated carbocycles. The average molecular weight is 377 g/mol. The molecule has 1 aliphatic rings. The number of nitrogens with one attached hydrogen (secondary N) is 1. The molecule has 0 spiro atoms. The van der Waals surface area contributed by atoms with Crippen LogP contribution < -0.4 is 5.32 Å². The normalized spacial score (nSPS) is 18.0. The summed E-state index contributed by atoms with van der Waals surface area (Å²) >= 11 is 6.18. The molecule has 0 aliphatic carbocycles. The van der Waals surface area contributed by atoms with E-state index in [0.29, 0.717) is 24.1 Å². The van der Waals surface area contributed by atoms with Crippen LogP contribution in [0.5, 0.6) is 0 Å². The van der Waals surface area contributed by atoms with Gasteiger partial charge in [-0.2, -0.15) is 0 Å². The molecule has 3 rings (SSSR count). The van der Waals surface area contributed by atoms with Crippen LogP contribution in [0.2, 0.25) is 5.15 Å². The molecule has 1 aliphatic heterocycles. The largest absolute Gasteiger partial charge is 0.444 e. The number of amides is 1. The molecule has 1 saturated heterocycles. The molecule has 1 aromatic carbocycles. The van der Waals surface area contributed by atoms with Gasteiger partial charge >= 0.3 is 6.09 Å². The van der Waals surface area contributed by atoms with Crippen LogP contribution in [0, 0.1) is 6.92 Å². The van der Waals surface area contributed by atoms with Crippen LogP contribution in [-0.2, 0) is 4.74 Å². The number of anilines is 1. The molecule has 0 unspecified atom stereocenters. The predicted octanol–water partition coefficient (Wildman–Crippen LogP) is 4.40. The van der Waals surface area contributed by atoms with Crippen molar-refractivity contribution in [1.29, 1.82) is 0 Å². The molecule has 1 aromatic heterocycles. The lowest BCUT2D eigenvalue weighted by molar-refractivity contribution is 0.0206. The second kappa shape index (κ2) is 7.27. The van der Waals surface area contributed by atoms with Crippen molar-refractivity contribution in [2.75, 3.05) is 18.4 Å². The Hall–Kier alpha value is -2.08. The number of halogens is 1. The molecular formula is C19H25ClN4O2. The van der Waals surface area contributed by atoms with Crippen molar-refractivity contribution in [2.45, 2.75) is 52.2 Å². The molecular weight excluding hydrogens is 352 g/mol. The maximum absolute atomic E-state index is 12.3. The quantitative estimate of drug-likeness (QED) is 0.841. The van der Waals surface area contributed by atoms with Gasteiger partial charge in [-0.05, 0) is 46.6 Å². The van der Waals surface area contributed by atoms with Crippen molar-refractivity contribution in [3.8, 4) is 0 Å². The zero-order chi connectivity index (χ0) is 18.9. The van der Waals surface area contributed by atoms with E-state index >= 15 is 0 Å². The SMILES string of the molecule is Cc1ccc2c(Cl)nnc(N[C@@H]3CCCN(C(=O)OC(C)(C)C)C3)c2c1. The van der Waals surface area contributed by atoms with E-state index in [2.05, 4.69) is 15.5 Å². The lowest BCUT2D eigenvalue weighted by atomic mass is 10.1.